The molecule has 0 saturated carbocycles. The van der Waals surface area contributed by atoms with Crippen molar-refractivity contribution in [2.45, 2.75) is 19.5 Å². The zero-order valence-electron chi connectivity index (χ0n) is 14.9. The normalized spacial score (nSPS) is 13.1. The van der Waals surface area contributed by atoms with Gasteiger partial charge in [-0.3, -0.25) is 9.78 Å². The van der Waals surface area contributed by atoms with Crippen molar-refractivity contribution in [3.8, 4) is 0 Å². The number of rotatable bonds is 4. The Morgan fingerprint density at radius 2 is 1.85 bits per heavy atom. The highest BCUT2D eigenvalue weighted by atomic mass is 19.1. The fourth-order valence-corrected chi connectivity index (χ4v) is 3.36. The van der Waals surface area contributed by atoms with E-state index in [-0.39, 0.29) is 18.3 Å². The summed E-state index contributed by atoms with van der Waals surface area (Å²) >= 11 is 0. The Hall–Kier alpha value is -3.21. The van der Waals surface area contributed by atoms with E-state index in [9.17, 15) is 9.18 Å². The first kappa shape index (κ1) is 17.2. The number of pyridine rings is 1. The molecule has 0 saturated heterocycles. The summed E-state index contributed by atoms with van der Waals surface area (Å²) in [7, 11) is 0. The summed E-state index contributed by atoms with van der Waals surface area (Å²) in [5.74, 6) is -0.635. The summed E-state index contributed by atoms with van der Waals surface area (Å²) in [6.45, 7) is 1.85. The van der Waals surface area contributed by atoms with Gasteiger partial charge >= 0.3 is 0 Å². The lowest BCUT2D eigenvalue weighted by Gasteiger charge is -2.30. The number of benzene rings is 2. The van der Waals surface area contributed by atoms with Crippen LogP contribution < -0.4 is 10.2 Å². The van der Waals surface area contributed by atoms with Gasteiger partial charge in [-0.25, -0.2) is 4.39 Å². The number of fused-ring (bicyclic) bond motifs is 1. The monoisotopic (exact) mass is 361 g/mol. The Morgan fingerprint density at radius 3 is 2.70 bits per heavy atom. The summed E-state index contributed by atoms with van der Waals surface area (Å²) < 4.78 is 13.7. The van der Waals surface area contributed by atoms with Gasteiger partial charge in [-0.1, -0.05) is 42.5 Å². The van der Waals surface area contributed by atoms with Gasteiger partial charge < -0.3 is 10.2 Å². The number of carbonyl (C=O) groups excluding carboxylic acids is 1. The van der Waals surface area contributed by atoms with Crippen LogP contribution in [0.5, 0.6) is 0 Å². The standard InChI is InChI=1S/C22H20FN3O/c23-20-8-4-3-6-17(20)14-25-22(27)21-13-19(9-11-24-21)26-12-10-16-5-1-2-7-18(16)15-26/h1-9,11,13H,10,12,14-15H2,(H,25,27). The van der Waals surface area contributed by atoms with Crippen molar-refractivity contribution in [1.29, 1.82) is 0 Å². The van der Waals surface area contributed by atoms with Gasteiger partial charge in [0, 0.05) is 37.1 Å². The molecule has 0 fully saturated rings. The molecule has 0 radical (unpaired) electrons. The second-order valence-electron chi connectivity index (χ2n) is 6.61. The topological polar surface area (TPSA) is 45.2 Å². The summed E-state index contributed by atoms with van der Waals surface area (Å²) in [6.07, 6.45) is 2.63. The van der Waals surface area contributed by atoms with Gasteiger partial charge in [-0.05, 0) is 35.7 Å². The Labute approximate surface area is 157 Å². The molecule has 27 heavy (non-hydrogen) atoms. The van der Waals surface area contributed by atoms with E-state index in [1.165, 1.54) is 17.2 Å². The number of anilines is 1. The zero-order chi connectivity index (χ0) is 18.6. The molecule has 0 spiro atoms. The Bertz CT molecular complexity index is 973. The summed E-state index contributed by atoms with van der Waals surface area (Å²) in [5, 5.41) is 2.74. The van der Waals surface area contributed by atoms with Crippen LogP contribution in [-0.4, -0.2) is 17.4 Å². The highest BCUT2D eigenvalue weighted by Crippen LogP contribution is 2.24. The van der Waals surface area contributed by atoms with Gasteiger partial charge in [0.15, 0.2) is 0 Å². The molecule has 136 valence electrons. The van der Waals surface area contributed by atoms with Gasteiger partial charge in [0.2, 0.25) is 0 Å². The number of nitrogens with zero attached hydrogens (tertiary/aromatic N) is 2. The lowest BCUT2D eigenvalue weighted by Crippen LogP contribution is -2.31. The van der Waals surface area contributed by atoms with Crippen LogP contribution in [0.25, 0.3) is 0 Å². The van der Waals surface area contributed by atoms with E-state index in [1.54, 1.807) is 30.5 Å². The number of nitrogens with one attached hydrogen (secondary N) is 1. The maximum Gasteiger partial charge on any atom is 0.270 e. The van der Waals surface area contributed by atoms with Crippen LogP contribution >= 0.6 is 0 Å². The number of amides is 1. The van der Waals surface area contributed by atoms with E-state index in [4.69, 9.17) is 0 Å². The third-order valence-electron chi connectivity index (χ3n) is 4.87. The lowest BCUT2D eigenvalue weighted by atomic mass is 9.99. The van der Waals surface area contributed by atoms with E-state index >= 15 is 0 Å². The second-order valence-corrected chi connectivity index (χ2v) is 6.61. The van der Waals surface area contributed by atoms with Gasteiger partial charge in [0.05, 0.1) is 0 Å². The fourth-order valence-electron chi connectivity index (χ4n) is 3.36. The molecule has 0 bridgehead atoms. The molecule has 3 aromatic rings. The number of halogens is 1. The van der Waals surface area contributed by atoms with E-state index in [0.717, 1.165) is 25.2 Å². The number of hydrogen-bond acceptors (Lipinski definition) is 3. The van der Waals surface area contributed by atoms with Crippen LogP contribution in [-0.2, 0) is 19.5 Å². The quantitative estimate of drug-likeness (QED) is 0.770. The third kappa shape index (κ3) is 3.82. The molecule has 0 unspecified atom stereocenters. The fraction of sp³-hybridized carbons (Fsp3) is 0.182. The van der Waals surface area contributed by atoms with E-state index in [0.29, 0.717) is 11.3 Å². The second kappa shape index (κ2) is 7.58. The third-order valence-corrected chi connectivity index (χ3v) is 4.87. The lowest BCUT2D eigenvalue weighted by molar-refractivity contribution is 0.0945. The Balaban J connectivity index is 1.46. The van der Waals surface area contributed by atoms with Crippen molar-refractivity contribution in [3.05, 3.63) is 95.1 Å². The minimum Gasteiger partial charge on any atom is -0.367 e. The molecule has 0 aliphatic carbocycles. The largest absolute Gasteiger partial charge is 0.367 e. The first-order valence-corrected chi connectivity index (χ1v) is 9.00. The van der Waals surface area contributed by atoms with Crippen molar-refractivity contribution in [3.63, 3.8) is 0 Å². The van der Waals surface area contributed by atoms with Crippen LogP contribution in [0.3, 0.4) is 0 Å². The molecule has 1 aliphatic heterocycles. The predicted molar refractivity (Wildman–Crippen MR) is 103 cm³/mol. The van der Waals surface area contributed by atoms with Gasteiger partial charge in [0.25, 0.3) is 5.91 Å². The summed E-state index contributed by atoms with van der Waals surface area (Å²) in [5.41, 5.74) is 4.45. The average Bonchev–Trinajstić information content (AvgIpc) is 2.72. The first-order valence-electron chi connectivity index (χ1n) is 9.00. The minimum absolute atomic E-state index is 0.133. The molecule has 1 N–H and O–H groups in total. The maximum absolute atomic E-state index is 13.7. The minimum atomic E-state index is -0.327. The molecular weight excluding hydrogens is 341 g/mol. The van der Waals surface area contributed by atoms with Crippen LogP contribution in [0.15, 0.2) is 66.9 Å². The molecule has 0 atom stereocenters. The first-order chi connectivity index (χ1) is 13.2. The van der Waals surface area contributed by atoms with Crippen molar-refractivity contribution in [2.75, 3.05) is 11.4 Å². The Morgan fingerprint density at radius 1 is 1.07 bits per heavy atom. The van der Waals surface area contributed by atoms with Gasteiger partial charge in [0.1, 0.15) is 11.5 Å². The van der Waals surface area contributed by atoms with Crippen LogP contribution in [0, 0.1) is 5.82 Å². The maximum atomic E-state index is 13.7. The molecule has 1 aromatic heterocycles. The van der Waals surface area contributed by atoms with E-state index < -0.39 is 0 Å². The predicted octanol–water partition coefficient (Wildman–Crippen LogP) is 3.71. The highest BCUT2D eigenvalue weighted by Gasteiger charge is 2.17. The van der Waals surface area contributed by atoms with Crippen LogP contribution in [0.1, 0.15) is 27.2 Å². The van der Waals surface area contributed by atoms with Crippen molar-refractivity contribution in [2.24, 2.45) is 0 Å². The SMILES string of the molecule is O=C(NCc1ccccc1F)c1cc(N2CCc3ccccc3C2)ccn1. The molecule has 4 rings (SSSR count). The molecule has 1 aliphatic rings. The van der Waals surface area contributed by atoms with Crippen molar-refractivity contribution >= 4 is 11.6 Å². The summed E-state index contributed by atoms with van der Waals surface area (Å²) in [4.78, 5) is 18.9. The van der Waals surface area contributed by atoms with E-state index in [1.807, 2.05) is 6.07 Å². The number of carbonyl (C=O) groups is 1. The van der Waals surface area contributed by atoms with Crippen molar-refractivity contribution < 1.29 is 9.18 Å². The number of hydrogen-bond donors (Lipinski definition) is 1. The van der Waals surface area contributed by atoms with E-state index in [2.05, 4.69) is 39.5 Å². The molecule has 5 heteroatoms. The zero-order valence-corrected chi connectivity index (χ0v) is 14.9. The molecule has 2 aromatic carbocycles. The smallest absolute Gasteiger partial charge is 0.270 e. The molecule has 1 amide bonds. The van der Waals surface area contributed by atoms with Gasteiger partial charge in [-0.2, -0.15) is 0 Å². The summed E-state index contributed by atoms with van der Waals surface area (Å²) in [6, 6.07) is 18.6. The molecule has 2 heterocycles. The molecule has 4 nitrogen and oxygen atoms in total. The Kier molecular flexibility index (Phi) is 4.83. The molecular formula is C22H20FN3O. The number of aromatic nitrogens is 1. The highest BCUT2D eigenvalue weighted by molar-refractivity contribution is 5.93. The van der Waals surface area contributed by atoms with Crippen LogP contribution in [0.4, 0.5) is 10.1 Å². The average molecular weight is 361 g/mol. The van der Waals surface area contributed by atoms with Gasteiger partial charge in [-0.15, -0.1) is 0 Å². The van der Waals surface area contributed by atoms with Crippen molar-refractivity contribution in [1.82, 2.24) is 10.3 Å². The van der Waals surface area contributed by atoms with Crippen LogP contribution in [0.2, 0.25) is 0 Å².